The van der Waals surface area contributed by atoms with Gasteiger partial charge in [-0.2, -0.15) is 4.31 Å². The quantitative estimate of drug-likeness (QED) is 0.596. The van der Waals surface area contributed by atoms with Crippen molar-refractivity contribution >= 4 is 37.5 Å². The van der Waals surface area contributed by atoms with Crippen LogP contribution in [0.15, 0.2) is 70.1 Å². The van der Waals surface area contributed by atoms with E-state index in [1.165, 1.54) is 15.6 Å². The molecular weight excluding hydrogens is 434 g/mol. The second-order valence-corrected chi connectivity index (χ2v) is 10.6. The van der Waals surface area contributed by atoms with Gasteiger partial charge in [0.1, 0.15) is 0 Å². The Morgan fingerprint density at radius 1 is 1.06 bits per heavy atom. The Bertz CT molecular complexity index is 1270. The van der Waals surface area contributed by atoms with Crippen LogP contribution in [0.5, 0.6) is 0 Å². The van der Waals surface area contributed by atoms with E-state index >= 15 is 0 Å². The highest BCUT2D eigenvalue weighted by Gasteiger charge is 2.39. The summed E-state index contributed by atoms with van der Waals surface area (Å²) in [6.07, 6.45) is 0. The van der Waals surface area contributed by atoms with Crippen LogP contribution in [0.3, 0.4) is 0 Å². The summed E-state index contributed by atoms with van der Waals surface area (Å²) >= 11 is 1.41. The lowest BCUT2D eigenvalue weighted by molar-refractivity contribution is -0.132. The summed E-state index contributed by atoms with van der Waals surface area (Å²) in [6.45, 7) is 1.12. The van der Waals surface area contributed by atoms with Gasteiger partial charge in [-0.15, -0.1) is 11.3 Å². The Hall–Kier alpha value is -2.59. The van der Waals surface area contributed by atoms with Gasteiger partial charge >= 0.3 is 0 Å². The molecule has 1 atom stereocenters. The van der Waals surface area contributed by atoms with Crippen molar-refractivity contribution < 1.29 is 18.3 Å². The minimum atomic E-state index is -3.62. The van der Waals surface area contributed by atoms with Gasteiger partial charge in [0.15, 0.2) is 0 Å². The SMILES string of the molecule is O=C(C(CO)c1ccccc1)N1CC2=C(C1)CN(S(=O)(=O)c1ccc3ncsc3c1)C2. The van der Waals surface area contributed by atoms with Crippen molar-refractivity contribution in [1.29, 1.82) is 0 Å². The molecule has 1 amide bonds. The molecule has 7 nitrogen and oxygen atoms in total. The molecule has 0 saturated carbocycles. The van der Waals surface area contributed by atoms with Crippen molar-refractivity contribution in [2.45, 2.75) is 10.8 Å². The van der Waals surface area contributed by atoms with Gasteiger partial charge in [-0.1, -0.05) is 30.3 Å². The molecule has 1 unspecified atom stereocenters. The average molecular weight is 456 g/mol. The second-order valence-electron chi connectivity index (χ2n) is 7.80. The molecule has 1 N–H and O–H groups in total. The monoisotopic (exact) mass is 455 g/mol. The van der Waals surface area contributed by atoms with Gasteiger partial charge in [0.05, 0.1) is 33.1 Å². The third-order valence-electron chi connectivity index (χ3n) is 5.93. The van der Waals surface area contributed by atoms with Gasteiger partial charge < -0.3 is 10.0 Å². The third-order valence-corrected chi connectivity index (χ3v) is 8.51. The molecule has 3 aromatic rings. The lowest BCUT2D eigenvalue weighted by Crippen LogP contribution is -2.39. The number of benzene rings is 2. The van der Waals surface area contributed by atoms with Crippen molar-refractivity contribution in [3.63, 3.8) is 0 Å². The van der Waals surface area contributed by atoms with E-state index in [2.05, 4.69) is 4.98 Å². The van der Waals surface area contributed by atoms with Crippen molar-refractivity contribution in [1.82, 2.24) is 14.2 Å². The fourth-order valence-corrected chi connectivity index (χ4v) is 6.50. The van der Waals surface area contributed by atoms with Crippen molar-refractivity contribution in [3.05, 3.63) is 70.8 Å². The van der Waals surface area contributed by atoms with Crippen LogP contribution in [0.4, 0.5) is 0 Å². The highest BCUT2D eigenvalue weighted by Crippen LogP contribution is 2.32. The van der Waals surface area contributed by atoms with Gasteiger partial charge in [-0.05, 0) is 34.9 Å². The predicted octanol–water partition coefficient (Wildman–Crippen LogP) is 2.22. The molecule has 0 bridgehead atoms. The number of aliphatic hydroxyl groups is 1. The molecule has 2 aromatic carbocycles. The second kappa shape index (κ2) is 7.83. The topological polar surface area (TPSA) is 90.8 Å². The standard InChI is InChI=1S/C22H21N3O4S2/c26-13-19(15-4-2-1-3-5-15)22(27)24-9-16-11-25(12-17(16)10-24)31(28,29)18-6-7-20-21(8-18)30-14-23-20/h1-8,14,19,26H,9-13H2. The Morgan fingerprint density at radius 3 is 2.45 bits per heavy atom. The first-order chi connectivity index (χ1) is 15.0. The summed E-state index contributed by atoms with van der Waals surface area (Å²) in [7, 11) is -3.62. The molecule has 3 heterocycles. The van der Waals surface area contributed by atoms with Gasteiger partial charge in [0.25, 0.3) is 0 Å². The molecule has 0 saturated heterocycles. The van der Waals surface area contributed by atoms with Crippen LogP contribution < -0.4 is 0 Å². The summed E-state index contributed by atoms with van der Waals surface area (Å²) in [5.74, 6) is -0.736. The number of aliphatic hydroxyl groups excluding tert-OH is 1. The maximum absolute atomic E-state index is 13.2. The molecule has 0 spiro atoms. The summed E-state index contributed by atoms with van der Waals surface area (Å²) in [5.41, 5.74) is 5.22. The number of nitrogens with zero attached hydrogens (tertiary/aromatic N) is 3. The van der Waals surface area contributed by atoms with Crippen LogP contribution in [0.2, 0.25) is 0 Å². The van der Waals surface area contributed by atoms with Crippen molar-refractivity contribution in [2.75, 3.05) is 32.8 Å². The third kappa shape index (κ3) is 3.57. The first-order valence-electron chi connectivity index (χ1n) is 9.95. The number of hydrogen-bond acceptors (Lipinski definition) is 6. The summed E-state index contributed by atoms with van der Waals surface area (Å²) in [5, 5.41) is 9.80. The normalized spacial score (nSPS) is 18.0. The summed E-state index contributed by atoms with van der Waals surface area (Å²) in [6, 6.07) is 14.2. The molecule has 31 heavy (non-hydrogen) atoms. The van der Waals surface area contributed by atoms with Gasteiger partial charge in [-0.3, -0.25) is 4.79 Å². The highest BCUT2D eigenvalue weighted by atomic mass is 32.2. The Morgan fingerprint density at radius 2 is 1.77 bits per heavy atom. The summed E-state index contributed by atoms with van der Waals surface area (Å²) < 4.78 is 28.6. The first-order valence-corrected chi connectivity index (χ1v) is 12.3. The zero-order chi connectivity index (χ0) is 21.6. The molecule has 2 aliphatic rings. The fourth-order valence-electron chi connectivity index (χ4n) is 4.25. The maximum Gasteiger partial charge on any atom is 0.243 e. The van der Waals surface area contributed by atoms with E-state index in [1.807, 2.05) is 30.3 Å². The number of fused-ring (bicyclic) bond motifs is 1. The van der Waals surface area contributed by atoms with Crippen molar-refractivity contribution in [3.8, 4) is 0 Å². The molecule has 9 heteroatoms. The molecule has 1 aromatic heterocycles. The number of rotatable bonds is 5. The van der Waals surface area contributed by atoms with Gasteiger partial charge in [0.2, 0.25) is 15.9 Å². The van der Waals surface area contributed by atoms with E-state index in [-0.39, 0.29) is 30.5 Å². The van der Waals surface area contributed by atoms with E-state index in [9.17, 15) is 18.3 Å². The molecule has 160 valence electrons. The number of thiazole rings is 1. The zero-order valence-electron chi connectivity index (χ0n) is 16.6. The van der Waals surface area contributed by atoms with E-state index in [0.29, 0.717) is 13.1 Å². The van der Waals surface area contributed by atoms with Crippen LogP contribution in [-0.2, 0) is 14.8 Å². The molecule has 0 radical (unpaired) electrons. The average Bonchev–Trinajstić information content (AvgIpc) is 3.49. The van der Waals surface area contributed by atoms with E-state index in [4.69, 9.17) is 0 Å². The van der Waals surface area contributed by atoms with Crippen LogP contribution in [0.25, 0.3) is 10.2 Å². The molecular formula is C22H21N3O4S2. The Balaban J connectivity index is 1.29. The number of carbonyl (C=O) groups is 1. The number of hydrogen-bond donors (Lipinski definition) is 1. The summed E-state index contributed by atoms with van der Waals surface area (Å²) in [4.78, 5) is 19.2. The maximum atomic E-state index is 13.2. The lowest BCUT2D eigenvalue weighted by atomic mass is 9.98. The van der Waals surface area contributed by atoms with E-state index in [1.54, 1.807) is 28.6 Å². The minimum absolute atomic E-state index is 0.131. The van der Waals surface area contributed by atoms with Crippen molar-refractivity contribution in [2.24, 2.45) is 0 Å². The number of carbonyl (C=O) groups excluding carboxylic acids is 1. The molecule has 0 fully saturated rings. The van der Waals surface area contributed by atoms with Gasteiger partial charge in [-0.25, -0.2) is 13.4 Å². The van der Waals surface area contributed by atoms with Crippen LogP contribution in [0, 0.1) is 0 Å². The van der Waals surface area contributed by atoms with Gasteiger partial charge in [0, 0.05) is 26.2 Å². The highest BCUT2D eigenvalue weighted by molar-refractivity contribution is 7.89. The Labute approximate surface area is 184 Å². The number of amides is 1. The minimum Gasteiger partial charge on any atom is -0.395 e. The predicted molar refractivity (Wildman–Crippen MR) is 118 cm³/mol. The van der Waals surface area contributed by atoms with Crippen LogP contribution in [0.1, 0.15) is 11.5 Å². The number of sulfonamides is 1. The molecule has 5 rings (SSSR count). The largest absolute Gasteiger partial charge is 0.395 e. The molecule has 2 aliphatic heterocycles. The Kier molecular flexibility index (Phi) is 5.13. The van der Waals surface area contributed by atoms with Crippen LogP contribution >= 0.6 is 11.3 Å². The smallest absolute Gasteiger partial charge is 0.243 e. The van der Waals surface area contributed by atoms with Crippen LogP contribution in [-0.4, -0.2) is 66.4 Å². The van der Waals surface area contributed by atoms with E-state index in [0.717, 1.165) is 26.9 Å². The molecule has 0 aliphatic carbocycles. The fraction of sp³-hybridized carbons (Fsp3) is 0.273. The van der Waals surface area contributed by atoms with E-state index < -0.39 is 15.9 Å². The zero-order valence-corrected chi connectivity index (χ0v) is 18.3. The first kappa shape index (κ1) is 20.3. The number of aromatic nitrogens is 1. The lowest BCUT2D eigenvalue weighted by Gasteiger charge is -2.26.